The van der Waals surface area contributed by atoms with E-state index in [0.29, 0.717) is 23.3 Å². The minimum atomic E-state index is -1.26. The normalized spacial score (nSPS) is 9.67. The molecule has 0 aliphatic rings. The summed E-state index contributed by atoms with van der Waals surface area (Å²) >= 11 is 0. The highest BCUT2D eigenvalue weighted by Crippen LogP contribution is 2.07. The summed E-state index contributed by atoms with van der Waals surface area (Å²) in [6.07, 6.45) is 1.12. The zero-order valence-corrected chi connectivity index (χ0v) is 12.5. The highest BCUT2D eigenvalue weighted by Gasteiger charge is 2.16. The summed E-state index contributed by atoms with van der Waals surface area (Å²) in [7, 11) is 0. The average Bonchev–Trinajstić information content (AvgIpc) is 2.61. The number of Topliss-reactive ketones (excluding diaryl/α,β-unsaturated/α-hetero) is 2. The van der Waals surface area contributed by atoms with E-state index >= 15 is 0 Å². The number of hydrogen-bond donors (Lipinski definition) is 2. The molecule has 2 N–H and O–H groups in total. The Hall–Kier alpha value is -3.54. The third-order valence-electron chi connectivity index (χ3n) is 2.65. The van der Waals surface area contributed by atoms with Crippen molar-refractivity contribution in [3.63, 3.8) is 0 Å². The molecule has 6 nitrogen and oxygen atoms in total. The van der Waals surface area contributed by atoms with Gasteiger partial charge in [-0.05, 0) is 0 Å². The van der Waals surface area contributed by atoms with Gasteiger partial charge in [0.25, 0.3) is 0 Å². The molecule has 0 aliphatic heterocycles. The first kappa shape index (κ1) is 18.5. The second-order valence-corrected chi connectivity index (χ2v) is 4.40. The minimum absolute atomic E-state index is 0.427. The van der Waals surface area contributed by atoms with Crippen LogP contribution in [0.3, 0.4) is 0 Å². The van der Waals surface area contributed by atoms with Crippen LogP contribution in [-0.4, -0.2) is 33.7 Å². The molecule has 24 heavy (non-hydrogen) atoms. The Balaban J connectivity index is 0.000000307. The molecule has 0 unspecified atom stereocenters. The molecule has 0 atom stereocenters. The van der Waals surface area contributed by atoms with E-state index in [1.165, 1.54) is 0 Å². The molecule has 2 rings (SSSR count). The Bertz CT molecular complexity index is 682. The van der Waals surface area contributed by atoms with Crippen LogP contribution in [0.2, 0.25) is 0 Å². The van der Waals surface area contributed by atoms with E-state index in [0.717, 1.165) is 0 Å². The fourth-order valence-corrected chi connectivity index (χ4v) is 1.58. The van der Waals surface area contributed by atoms with Gasteiger partial charge < -0.3 is 10.2 Å². The fourth-order valence-electron chi connectivity index (χ4n) is 1.58. The number of ketones is 2. The zero-order valence-electron chi connectivity index (χ0n) is 12.5. The van der Waals surface area contributed by atoms with Crippen molar-refractivity contribution in [3.8, 4) is 0 Å². The molecule has 0 spiro atoms. The largest absolute Gasteiger partial charge is 0.478 e. The van der Waals surface area contributed by atoms with E-state index in [4.69, 9.17) is 10.2 Å². The lowest BCUT2D eigenvalue weighted by molar-refractivity contribution is -0.134. The van der Waals surface area contributed by atoms with Crippen LogP contribution in [0.15, 0.2) is 72.8 Å². The quantitative estimate of drug-likeness (QED) is 0.496. The van der Waals surface area contributed by atoms with Gasteiger partial charge in [-0.2, -0.15) is 0 Å². The van der Waals surface area contributed by atoms with E-state index in [1.807, 2.05) is 12.1 Å². The first-order chi connectivity index (χ1) is 11.4. The van der Waals surface area contributed by atoms with E-state index in [2.05, 4.69) is 0 Å². The molecular weight excluding hydrogens is 312 g/mol. The monoisotopic (exact) mass is 326 g/mol. The van der Waals surface area contributed by atoms with Crippen molar-refractivity contribution in [2.75, 3.05) is 0 Å². The number of rotatable bonds is 5. The molecule has 0 bridgehead atoms. The van der Waals surface area contributed by atoms with Gasteiger partial charge in [-0.15, -0.1) is 0 Å². The third-order valence-corrected chi connectivity index (χ3v) is 2.65. The number of carbonyl (C=O) groups is 4. The number of hydrogen-bond acceptors (Lipinski definition) is 4. The average molecular weight is 326 g/mol. The number of aliphatic carboxylic acids is 2. The number of carboxylic acids is 2. The lowest BCUT2D eigenvalue weighted by Gasteiger charge is -1.99. The molecule has 0 saturated carbocycles. The van der Waals surface area contributed by atoms with Crippen LogP contribution in [0.4, 0.5) is 0 Å². The van der Waals surface area contributed by atoms with Gasteiger partial charge in [-0.1, -0.05) is 60.7 Å². The van der Waals surface area contributed by atoms with Gasteiger partial charge >= 0.3 is 11.9 Å². The van der Waals surface area contributed by atoms with Gasteiger partial charge in [0.2, 0.25) is 11.6 Å². The topological polar surface area (TPSA) is 109 Å². The summed E-state index contributed by atoms with van der Waals surface area (Å²) in [6, 6.07) is 17.2. The molecule has 2 aromatic carbocycles. The van der Waals surface area contributed by atoms with Gasteiger partial charge in [-0.3, -0.25) is 9.59 Å². The molecule has 2 aromatic rings. The summed E-state index contributed by atoms with van der Waals surface area (Å²) < 4.78 is 0. The Morgan fingerprint density at radius 3 is 1.12 bits per heavy atom. The standard InChI is InChI=1S/C14H10O2.C4H4O4/c15-13(11-7-3-1-4-8-11)14(16)12-9-5-2-6-10-12;5-3(6)1-2-4(7)8/h1-10H;1-2H,(H,5,6)(H,7,8)/b;2-1+. The van der Waals surface area contributed by atoms with E-state index in [9.17, 15) is 19.2 Å². The summed E-state index contributed by atoms with van der Waals surface area (Å²) in [5.41, 5.74) is 0.854. The second-order valence-electron chi connectivity index (χ2n) is 4.40. The summed E-state index contributed by atoms with van der Waals surface area (Å²) in [5.74, 6) is -3.45. The molecule has 0 fully saturated rings. The summed E-state index contributed by atoms with van der Waals surface area (Å²) in [5, 5.41) is 15.6. The Kier molecular flexibility index (Phi) is 7.30. The highest BCUT2D eigenvalue weighted by molar-refractivity contribution is 6.49. The van der Waals surface area contributed by atoms with Crippen LogP contribution in [0.1, 0.15) is 20.7 Å². The smallest absolute Gasteiger partial charge is 0.328 e. The zero-order chi connectivity index (χ0) is 17.9. The Morgan fingerprint density at radius 1 is 0.583 bits per heavy atom. The molecule has 0 radical (unpaired) electrons. The van der Waals surface area contributed by atoms with Crippen LogP contribution in [0.25, 0.3) is 0 Å². The molecule has 0 amide bonds. The van der Waals surface area contributed by atoms with Crippen LogP contribution in [0, 0.1) is 0 Å². The first-order valence-electron chi connectivity index (χ1n) is 6.75. The third kappa shape index (κ3) is 6.48. The van der Waals surface area contributed by atoms with Crippen LogP contribution < -0.4 is 0 Å². The maximum absolute atomic E-state index is 11.8. The van der Waals surface area contributed by atoms with Crippen molar-refractivity contribution in [1.29, 1.82) is 0 Å². The number of benzene rings is 2. The number of carboxylic acid groups (broad SMARTS) is 2. The predicted octanol–water partition coefficient (Wildman–Crippen LogP) is 2.46. The fraction of sp³-hybridized carbons (Fsp3) is 0. The molecule has 0 aliphatic carbocycles. The van der Waals surface area contributed by atoms with Gasteiger partial charge in [0.1, 0.15) is 0 Å². The van der Waals surface area contributed by atoms with Gasteiger partial charge in [0.05, 0.1) is 0 Å². The Labute approximate surface area is 137 Å². The summed E-state index contributed by atoms with van der Waals surface area (Å²) in [4.78, 5) is 42.7. The van der Waals surface area contributed by atoms with Crippen LogP contribution in [0.5, 0.6) is 0 Å². The van der Waals surface area contributed by atoms with Crippen LogP contribution >= 0.6 is 0 Å². The van der Waals surface area contributed by atoms with Gasteiger partial charge in [-0.25, -0.2) is 9.59 Å². The molecule has 0 saturated heterocycles. The molecule has 122 valence electrons. The minimum Gasteiger partial charge on any atom is -0.478 e. The molecular formula is C18H14O6. The predicted molar refractivity (Wildman–Crippen MR) is 86.0 cm³/mol. The van der Waals surface area contributed by atoms with Crippen molar-refractivity contribution in [1.82, 2.24) is 0 Å². The van der Waals surface area contributed by atoms with Crippen molar-refractivity contribution in [2.45, 2.75) is 0 Å². The molecule has 6 heteroatoms. The van der Waals surface area contributed by atoms with Crippen LogP contribution in [-0.2, 0) is 9.59 Å². The lowest BCUT2D eigenvalue weighted by atomic mass is 10.0. The van der Waals surface area contributed by atoms with E-state index in [1.54, 1.807) is 48.5 Å². The molecule has 0 heterocycles. The maximum Gasteiger partial charge on any atom is 0.328 e. The summed E-state index contributed by atoms with van der Waals surface area (Å²) in [6.45, 7) is 0. The molecule has 0 aromatic heterocycles. The van der Waals surface area contributed by atoms with E-state index in [-0.39, 0.29) is 0 Å². The van der Waals surface area contributed by atoms with Gasteiger partial charge in [0, 0.05) is 23.3 Å². The first-order valence-corrected chi connectivity index (χ1v) is 6.75. The lowest BCUT2D eigenvalue weighted by Crippen LogP contribution is -2.14. The van der Waals surface area contributed by atoms with Gasteiger partial charge in [0.15, 0.2) is 0 Å². The Morgan fingerprint density at radius 2 is 0.875 bits per heavy atom. The maximum atomic E-state index is 11.8. The van der Waals surface area contributed by atoms with Crippen molar-refractivity contribution < 1.29 is 29.4 Å². The van der Waals surface area contributed by atoms with Crippen molar-refractivity contribution >= 4 is 23.5 Å². The van der Waals surface area contributed by atoms with Crippen molar-refractivity contribution in [3.05, 3.63) is 83.9 Å². The SMILES string of the molecule is O=C(C(=O)c1ccccc1)c1ccccc1.O=C(O)/C=C/C(=O)O. The highest BCUT2D eigenvalue weighted by atomic mass is 16.4. The number of carbonyl (C=O) groups excluding carboxylic acids is 2. The van der Waals surface area contributed by atoms with E-state index < -0.39 is 23.5 Å². The van der Waals surface area contributed by atoms with Crippen molar-refractivity contribution in [2.24, 2.45) is 0 Å². The second kappa shape index (κ2) is 9.47.